The lowest BCUT2D eigenvalue weighted by atomic mass is 9.62. The molecule has 1 aromatic rings. The highest BCUT2D eigenvalue weighted by molar-refractivity contribution is 7.09. The van der Waals surface area contributed by atoms with Crippen LogP contribution in [0, 0.1) is 12.3 Å². The molecule has 1 heterocycles. The molecule has 2 aliphatic carbocycles. The Morgan fingerprint density at radius 2 is 2.20 bits per heavy atom. The first kappa shape index (κ1) is 14.0. The van der Waals surface area contributed by atoms with Crippen molar-refractivity contribution in [1.82, 2.24) is 4.98 Å². The number of carbonyl (C=O) groups excluding carboxylic acids is 1. The minimum atomic E-state index is -0.277. The van der Waals surface area contributed by atoms with Crippen molar-refractivity contribution in [2.75, 3.05) is 6.61 Å². The van der Waals surface area contributed by atoms with Crippen LogP contribution in [0.4, 0.5) is 0 Å². The summed E-state index contributed by atoms with van der Waals surface area (Å²) < 4.78 is 11.6. The molecule has 1 aromatic heterocycles. The zero-order valence-electron chi connectivity index (χ0n) is 12.1. The van der Waals surface area contributed by atoms with E-state index in [2.05, 4.69) is 4.98 Å². The maximum absolute atomic E-state index is 12.1. The van der Waals surface area contributed by atoms with Gasteiger partial charge >= 0.3 is 5.97 Å². The molecule has 2 unspecified atom stereocenters. The van der Waals surface area contributed by atoms with Gasteiger partial charge in [0.25, 0.3) is 0 Å². The number of aromatic nitrogens is 1. The molecule has 2 saturated carbocycles. The topological polar surface area (TPSA) is 48.4 Å². The predicted molar refractivity (Wildman–Crippen MR) is 77.0 cm³/mol. The van der Waals surface area contributed by atoms with Crippen LogP contribution < -0.4 is 0 Å². The Balaban J connectivity index is 1.67. The van der Waals surface area contributed by atoms with Crippen molar-refractivity contribution in [1.29, 1.82) is 0 Å². The number of nitrogens with zero attached hydrogens (tertiary/aromatic N) is 1. The molecular weight excluding hydrogens is 274 g/mol. The molecule has 2 fully saturated rings. The largest absolute Gasteiger partial charge is 0.457 e. The molecule has 0 aliphatic heterocycles. The molecule has 0 N–H and O–H groups in total. The van der Waals surface area contributed by atoms with E-state index in [1.165, 1.54) is 24.2 Å². The third kappa shape index (κ3) is 2.27. The van der Waals surface area contributed by atoms with Crippen LogP contribution in [0.1, 0.15) is 54.5 Å². The normalized spacial score (nSPS) is 27.5. The molecule has 2 atom stereocenters. The van der Waals surface area contributed by atoms with E-state index in [-0.39, 0.29) is 23.6 Å². The molecule has 0 saturated heterocycles. The van der Waals surface area contributed by atoms with E-state index in [1.54, 1.807) is 5.38 Å². The highest BCUT2D eigenvalue weighted by atomic mass is 32.1. The van der Waals surface area contributed by atoms with Crippen molar-refractivity contribution in [2.45, 2.75) is 58.2 Å². The van der Waals surface area contributed by atoms with Crippen LogP contribution in [0.25, 0.3) is 0 Å². The van der Waals surface area contributed by atoms with Gasteiger partial charge in [-0.15, -0.1) is 11.3 Å². The minimum absolute atomic E-state index is 0.0102. The summed E-state index contributed by atoms with van der Waals surface area (Å²) in [7, 11) is 0. The summed E-state index contributed by atoms with van der Waals surface area (Å²) in [6.07, 6.45) is 5.78. The van der Waals surface area contributed by atoms with Crippen molar-refractivity contribution in [3.05, 3.63) is 16.1 Å². The van der Waals surface area contributed by atoms with Crippen LogP contribution in [0.5, 0.6) is 0 Å². The third-order valence-electron chi connectivity index (χ3n) is 4.69. The van der Waals surface area contributed by atoms with E-state index in [1.807, 2.05) is 13.8 Å². The first-order valence-electron chi connectivity index (χ1n) is 7.40. The van der Waals surface area contributed by atoms with Gasteiger partial charge in [0.1, 0.15) is 6.10 Å². The zero-order valence-corrected chi connectivity index (χ0v) is 12.9. The number of rotatable bonds is 4. The lowest BCUT2D eigenvalue weighted by molar-refractivity contribution is -0.188. The summed E-state index contributed by atoms with van der Waals surface area (Å²) >= 11 is 1.48. The summed E-state index contributed by atoms with van der Waals surface area (Å²) in [6.45, 7) is 4.66. The first-order valence-corrected chi connectivity index (χ1v) is 8.28. The number of ether oxygens (including phenoxy) is 2. The van der Waals surface area contributed by atoms with E-state index in [9.17, 15) is 4.79 Å². The van der Waals surface area contributed by atoms with Gasteiger partial charge in [0.2, 0.25) is 0 Å². The first-order chi connectivity index (χ1) is 9.65. The van der Waals surface area contributed by atoms with Gasteiger partial charge in [-0.05, 0) is 26.7 Å². The number of hydrogen-bond donors (Lipinski definition) is 0. The molecule has 20 heavy (non-hydrogen) atoms. The summed E-state index contributed by atoms with van der Waals surface area (Å²) in [4.78, 5) is 16.4. The maximum atomic E-state index is 12.1. The molecule has 0 bridgehead atoms. The van der Waals surface area contributed by atoms with Crippen molar-refractivity contribution in [2.24, 2.45) is 5.41 Å². The van der Waals surface area contributed by atoms with Crippen molar-refractivity contribution >= 4 is 17.3 Å². The fraction of sp³-hybridized carbons (Fsp3) is 0.733. The van der Waals surface area contributed by atoms with Gasteiger partial charge in [0.15, 0.2) is 5.69 Å². The average Bonchev–Trinajstić information content (AvgIpc) is 3.07. The number of thiazole rings is 1. The second-order valence-corrected chi connectivity index (χ2v) is 6.83. The molecule has 1 spiro atoms. The highest BCUT2D eigenvalue weighted by Gasteiger charge is 2.58. The Morgan fingerprint density at radius 3 is 2.80 bits per heavy atom. The van der Waals surface area contributed by atoms with E-state index < -0.39 is 0 Å². The van der Waals surface area contributed by atoms with Crippen LogP contribution >= 0.6 is 11.3 Å². The van der Waals surface area contributed by atoms with Crippen molar-refractivity contribution in [3.8, 4) is 0 Å². The SMILES string of the molecule is CCOC1CC(OC(=O)c2csc(C)n2)C12CCCC2. The standard InChI is InChI=1S/C15H21NO3S/c1-3-18-12-8-13(15(12)6-4-5-7-15)19-14(17)11-9-20-10(2)16-11/h9,12-13H,3-8H2,1-2H3. The lowest BCUT2D eigenvalue weighted by Crippen LogP contribution is -2.58. The Labute approximate surface area is 123 Å². The fourth-order valence-corrected chi connectivity index (χ4v) is 4.22. The summed E-state index contributed by atoms with van der Waals surface area (Å²) in [5.41, 5.74) is 0.525. The Hall–Kier alpha value is -0.940. The maximum Gasteiger partial charge on any atom is 0.358 e. The fourth-order valence-electron chi connectivity index (χ4n) is 3.64. The summed E-state index contributed by atoms with van der Waals surface area (Å²) in [5.74, 6) is -0.277. The van der Waals surface area contributed by atoms with Gasteiger partial charge in [-0.1, -0.05) is 12.8 Å². The third-order valence-corrected chi connectivity index (χ3v) is 5.46. The second-order valence-electron chi connectivity index (χ2n) is 5.77. The molecular formula is C15H21NO3S. The van der Waals surface area contributed by atoms with Crippen LogP contribution in [0.15, 0.2) is 5.38 Å². The molecule has 0 radical (unpaired) electrons. The molecule has 4 nitrogen and oxygen atoms in total. The highest BCUT2D eigenvalue weighted by Crippen LogP contribution is 2.56. The van der Waals surface area contributed by atoms with Gasteiger partial charge in [-0.25, -0.2) is 9.78 Å². The van der Waals surface area contributed by atoms with Gasteiger partial charge in [-0.2, -0.15) is 0 Å². The Bertz CT molecular complexity index is 493. The van der Waals surface area contributed by atoms with E-state index >= 15 is 0 Å². The smallest absolute Gasteiger partial charge is 0.358 e. The van der Waals surface area contributed by atoms with Gasteiger partial charge in [0, 0.05) is 23.8 Å². The molecule has 0 amide bonds. The quantitative estimate of drug-likeness (QED) is 0.799. The Morgan fingerprint density at radius 1 is 1.45 bits per heavy atom. The Kier molecular flexibility index (Phi) is 3.82. The lowest BCUT2D eigenvalue weighted by Gasteiger charge is -2.52. The predicted octanol–water partition coefficient (Wildman–Crippen LogP) is 3.35. The average molecular weight is 295 g/mol. The number of hydrogen-bond acceptors (Lipinski definition) is 5. The number of carbonyl (C=O) groups is 1. The molecule has 0 aromatic carbocycles. The summed E-state index contributed by atoms with van der Waals surface area (Å²) in [5, 5.41) is 2.67. The van der Waals surface area contributed by atoms with Crippen LogP contribution in [-0.4, -0.2) is 29.8 Å². The number of esters is 1. The van der Waals surface area contributed by atoms with Crippen LogP contribution in [-0.2, 0) is 9.47 Å². The molecule has 5 heteroatoms. The van der Waals surface area contributed by atoms with Gasteiger partial charge < -0.3 is 9.47 Å². The van der Waals surface area contributed by atoms with Crippen molar-refractivity contribution in [3.63, 3.8) is 0 Å². The van der Waals surface area contributed by atoms with Crippen LogP contribution in [0.2, 0.25) is 0 Å². The minimum Gasteiger partial charge on any atom is -0.457 e. The zero-order chi connectivity index (χ0) is 14.2. The number of aryl methyl sites for hydroxylation is 1. The van der Waals surface area contributed by atoms with E-state index in [4.69, 9.17) is 9.47 Å². The summed E-state index contributed by atoms with van der Waals surface area (Å²) in [6, 6.07) is 0. The monoisotopic (exact) mass is 295 g/mol. The molecule has 3 rings (SSSR count). The van der Waals surface area contributed by atoms with Crippen molar-refractivity contribution < 1.29 is 14.3 Å². The van der Waals surface area contributed by atoms with E-state index in [0.29, 0.717) is 5.69 Å². The molecule has 110 valence electrons. The van der Waals surface area contributed by atoms with Gasteiger partial charge in [-0.3, -0.25) is 0 Å². The van der Waals surface area contributed by atoms with E-state index in [0.717, 1.165) is 30.9 Å². The van der Waals surface area contributed by atoms with Crippen LogP contribution in [0.3, 0.4) is 0 Å². The second kappa shape index (κ2) is 5.45. The van der Waals surface area contributed by atoms with Gasteiger partial charge in [0.05, 0.1) is 11.1 Å². The molecule has 2 aliphatic rings.